The van der Waals surface area contributed by atoms with Crippen LogP contribution in [0.4, 0.5) is 0 Å². The molecular weight excluding hydrogens is 268 g/mol. The molecule has 0 heterocycles. The normalized spacial score (nSPS) is 10.4. The van der Waals surface area contributed by atoms with Gasteiger partial charge in [-0.2, -0.15) is 0 Å². The number of hydrogen-bond donors (Lipinski definition) is 1. The van der Waals surface area contributed by atoms with E-state index in [1.54, 1.807) is 35.2 Å². The monoisotopic (exact) mass is 294 g/mol. The minimum atomic E-state index is -2.53. The van der Waals surface area contributed by atoms with Gasteiger partial charge in [0.1, 0.15) is 0 Å². The standard InChI is InChI=1S/C10H20O5Si.C2H6O/c1-9(2)10(11)15-7-6-8-16(12-3,13-4)14-5;1-2-3/h1,6-8H2,2-5H3;3H,2H2,1H3. The lowest BCUT2D eigenvalue weighted by Crippen LogP contribution is -2.42. The summed E-state index contributed by atoms with van der Waals surface area (Å²) in [7, 11) is 2.13. The van der Waals surface area contributed by atoms with Gasteiger partial charge in [-0.1, -0.05) is 6.58 Å². The topological polar surface area (TPSA) is 74.2 Å². The minimum absolute atomic E-state index is 0.250. The van der Waals surface area contributed by atoms with Crippen LogP contribution < -0.4 is 0 Å². The molecule has 0 bridgehead atoms. The number of esters is 1. The first-order chi connectivity index (χ1) is 8.92. The van der Waals surface area contributed by atoms with E-state index in [0.29, 0.717) is 24.6 Å². The van der Waals surface area contributed by atoms with E-state index >= 15 is 0 Å². The molecule has 0 aliphatic carbocycles. The van der Waals surface area contributed by atoms with Crippen molar-refractivity contribution < 1.29 is 27.9 Å². The molecule has 0 rings (SSSR count). The molecule has 0 spiro atoms. The molecule has 0 radical (unpaired) electrons. The summed E-state index contributed by atoms with van der Waals surface area (Å²) in [5, 5.41) is 7.57. The Labute approximate surface area is 116 Å². The smallest absolute Gasteiger partial charge is 0.462 e. The fourth-order valence-corrected chi connectivity index (χ4v) is 2.82. The van der Waals surface area contributed by atoms with Gasteiger partial charge >= 0.3 is 14.8 Å². The van der Waals surface area contributed by atoms with Crippen molar-refractivity contribution in [1.82, 2.24) is 0 Å². The lowest BCUT2D eigenvalue weighted by molar-refractivity contribution is -0.139. The molecule has 0 saturated heterocycles. The molecule has 0 unspecified atom stereocenters. The fraction of sp³-hybridized carbons (Fsp3) is 0.750. The third kappa shape index (κ3) is 9.80. The number of rotatable bonds is 8. The van der Waals surface area contributed by atoms with E-state index < -0.39 is 8.80 Å². The maximum atomic E-state index is 11.1. The van der Waals surface area contributed by atoms with Crippen molar-refractivity contribution in [1.29, 1.82) is 0 Å². The largest absolute Gasteiger partial charge is 0.500 e. The van der Waals surface area contributed by atoms with Crippen LogP contribution in [-0.4, -0.2) is 54.4 Å². The van der Waals surface area contributed by atoms with Crippen LogP contribution in [0.25, 0.3) is 0 Å². The van der Waals surface area contributed by atoms with Crippen molar-refractivity contribution in [2.24, 2.45) is 0 Å². The third-order valence-corrected chi connectivity index (χ3v) is 4.97. The lowest BCUT2D eigenvalue weighted by atomic mass is 10.4. The molecule has 0 amide bonds. The van der Waals surface area contributed by atoms with Crippen molar-refractivity contribution in [2.45, 2.75) is 26.3 Å². The van der Waals surface area contributed by atoms with E-state index in [-0.39, 0.29) is 12.6 Å². The zero-order valence-electron chi connectivity index (χ0n) is 12.5. The number of carbonyl (C=O) groups is 1. The second-order valence-electron chi connectivity index (χ2n) is 3.63. The molecule has 0 aliphatic heterocycles. The Morgan fingerprint density at radius 3 is 1.95 bits per heavy atom. The van der Waals surface area contributed by atoms with Gasteiger partial charge in [-0.3, -0.25) is 0 Å². The Morgan fingerprint density at radius 2 is 1.63 bits per heavy atom. The SMILES string of the molecule is C=C(C)C(=O)OCCC[Si](OC)(OC)OC.CCO. The lowest BCUT2D eigenvalue weighted by Gasteiger charge is -2.24. The summed E-state index contributed by atoms with van der Waals surface area (Å²) >= 11 is 0. The summed E-state index contributed by atoms with van der Waals surface area (Å²) in [5.74, 6) is -0.375. The van der Waals surface area contributed by atoms with Crippen LogP contribution in [0.15, 0.2) is 12.2 Å². The molecule has 0 fully saturated rings. The quantitative estimate of drug-likeness (QED) is 0.315. The van der Waals surface area contributed by atoms with E-state index in [1.165, 1.54) is 0 Å². The Balaban J connectivity index is 0. The van der Waals surface area contributed by atoms with Gasteiger partial charge in [-0.05, 0) is 20.3 Å². The highest BCUT2D eigenvalue weighted by atomic mass is 28.4. The summed E-state index contributed by atoms with van der Waals surface area (Å²) in [4.78, 5) is 11.1. The van der Waals surface area contributed by atoms with Gasteiger partial charge < -0.3 is 23.1 Å². The van der Waals surface area contributed by atoms with Crippen molar-refractivity contribution in [3.63, 3.8) is 0 Å². The van der Waals surface area contributed by atoms with Gasteiger partial charge in [0.25, 0.3) is 0 Å². The third-order valence-electron chi connectivity index (χ3n) is 2.14. The van der Waals surface area contributed by atoms with E-state index in [2.05, 4.69) is 6.58 Å². The Morgan fingerprint density at radius 1 is 1.21 bits per heavy atom. The van der Waals surface area contributed by atoms with Crippen LogP contribution in [0.5, 0.6) is 0 Å². The van der Waals surface area contributed by atoms with Crippen molar-refractivity contribution in [3.8, 4) is 0 Å². The zero-order valence-corrected chi connectivity index (χ0v) is 13.5. The van der Waals surface area contributed by atoms with Gasteiger partial charge in [0.15, 0.2) is 0 Å². The number of hydrogen-bond acceptors (Lipinski definition) is 6. The first-order valence-electron chi connectivity index (χ1n) is 6.01. The molecule has 0 aliphatic rings. The van der Waals surface area contributed by atoms with Crippen LogP contribution in [0.2, 0.25) is 6.04 Å². The van der Waals surface area contributed by atoms with E-state index in [0.717, 1.165) is 0 Å². The van der Waals surface area contributed by atoms with E-state index in [1.807, 2.05) is 0 Å². The Kier molecular flexibility index (Phi) is 13.3. The molecule has 114 valence electrons. The van der Waals surface area contributed by atoms with Crippen molar-refractivity contribution >= 4 is 14.8 Å². The number of carbonyl (C=O) groups excluding carboxylic acids is 1. The molecule has 0 saturated carbocycles. The maximum absolute atomic E-state index is 11.1. The van der Waals surface area contributed by atoms with Crippen LogP contribution in [0.1, 0.15) is 20.3 Å². The fourth-order valence-electron chi connectivity index (χ4n) is 1.13. The second-order valence-corrected chi connectivity index (χ2v) is 6.72. The minimum Gasteiger partial charge on any atom is -0.462 e. The van der Waals surface area contributed by atoms with Crippen molar-refractivity contribution in [3.05, 3.63) is 12.2 Å². The first kappa shape index (κ1) is 20.6. The van der Waals surface area contributed by atoms with Gasteiger partial charge in [0.05, 0.1) is 6.61 Å². The highest BCUT2D eigenvalue weighted by Gasteiger charge is 2.36. The first-order valence-corrected chi connectivity index (χ1v) is 7.95. The van der Waals surface area contributed by atoms with Crippen LogP contribution >= 0.6 is 0 Å². The van der Waals surface area contributed by atoms with Crippen molar-refractivity contribution in [2.75, 3.05) is 34.5 Å². The summed E-state index contributed by atoms with van der Waals surface area (Å²) in [6.07, 6.45) is 0.640. The number of aliphatic hydroxyl groups excluding tert-OH is 1. The predicted octanol–water partition coefficient (Wildman–Crippen LogP) is 1.37. The highest BCUT2D eigenvalue weighted by Crippen LogP contribution is 2.14. The molecule has 0 aromatic carbocycles. The number of ether oxygens (including phenoxy) is 1. The average Bonchev–Trinajstić information content (AvgIpc) is 2.40. The molecule has 0 atom stereocenters. The van der Waals surface area contributed by atoms with Crippen LogP contribution in [0, 0.1) is 0 Å². The maximum Gasteiger partial charge on any atom is 0.500 e. The molecule has 0 aromatic rings. The van der Waals surface area contributed by atoms with Gasteiger partial charge in [0, 0.05) is 39.6 Å². The van der Waals surface area contributed by atoms with Gasteiger partial charge in [-0.25, -0.2) is 4.79 Å². The summed E-state index contributed by atoms with van der Waals surface area (Å²) < 4.78 is 20.6. The van der Waals surface area contributed by atoms with E-state index in [9.17, 15) is 4.79 Å². The summed E-state index contributed by atoms with van der Waals surface area (Å²) in [6, 6.07) is 0.611. The predicted molar refractivity (Wildman–Crippen MR) is 74.7 cm³/mol. The summed E-state index contributed by atoms with van der Waals surface area (Å²) in [6.45, 7) is 7.35. The molecule has 0 aromatic heterocycles. The second kappa shape index (κ2) is 12.3. The van der Waals surface area contributed by atoms with Crippen LogP contribution in [0.3, 0.4) is 0 Å². The van der Waals surface area contributed by atoms with Gasteiger partial charge in [0.2, 0.25) is 0 Å². The average molecular weight is 294 g/mol. The molecular formula is C12H26O6Si. The Hall–Kier alpha value is -0.733. The zero-order chi connectivity index (χ0) is 15.3. The molecule has 1 N–H and O–H groups in total. The summed E-state index contributed by atoms with van der Waals surface area (Å²) in [5.41, 5.74) is 0.397. The van der Waals surface area contributed by atoms with Crippen LogP contribution in [-0.2, 0) is 22.8 Å². The molecule has 7 heteroatoms. The molecule has 19 heavy (non-hydrogen) atoms. The van der Waals surface area contributed by atoms with Gasteiger partial charge in [-0.15, -0.1) is 0 Å². The molecule has 6 nitrogen and oxygen atoms in total. The highest BCUT2D eigenvalue weighted by molar-refractivity contribution is 6.60. The number of aliphatic hydroxyl groups is 1. The Bertz CT molecular complexity index is 244. The van der Waals surface area contributed by atoms with E-state index in [4.69, 9.17) is 23.1 Å².